The van der Waals surface area contributed by atoms with Crippen LogP contribution in [0, 0.1) is 0 Å². The van der Waals surface area contributed by atoms with E-state index in [1.54, 1.807) is 23.5 Å². The summed E-state index contributed by atoms with van der Waals surface area (Å²) in [6.45, 7) is 7.49. The van der Waals surface area contributed by atoms with Gasteiger partial charge in [-0.2, -0.15) is 0 Å². The Balaban J connectivity index is 1.62. The lowest BCUT2D eigenvalue weighted by Gasteiger charge is -2.24. The van der Waals surface area contributed by atoms with Crippen LogP contribution in [-0.4, -0.2) is 26.6 Å². The molecule has 24 heavy (non-hydrogen) atoms. The van der Waals surface area contributed by atoms with Gasteiger partial charge in [-0.05, 0) is 37.5 Å². The maximum absolute atomic E-state index is 12.2. The fraction of sp³-hybridized carbons (Fsp3) is 0.389. The van der Waals surface area contributed by atoms with E-state index in [0.717, 1.165) is 11.4 Å². The second kappa shape index (κ2) is 6.47. The molecule has 1 aromatic heterocycles. The molecular formula is C18H22N4O2. The summed E-state index contributed by atoms with van der Waals surface area (Å²) >= 11 is 0. The molecule has 2 aromatic rings. The maximum atomic E-state index is 12.2. The fourth-order valence-electron chi connectivity index (χ4n) is 2.60. The number of hydrogen-bond acceptors (Lipinski definition) is 5. The third-order valence-corrected chi connectivity index (χ3v) is 3.68. The largest absolute Gasteiger partial charge is 0.444 e. The first-order valence-electron chi connectivity index (χ1n) is 7.99. The van der Waals surface area contributed by atoms with Crippen LogP contribution in [0.5, 0.6) is 0 Å². The number of benzene rings is 1. The third-order valence-electron chi connectivity index (χ3n) is 3.68. The highest BCUT2D eigenvalue weighted by molar-refractivity contribution is 5.69. The standard InChI is InChI=1S/C18H22N4O2/c1-18(2,3)24-17(23)22-11-14-5-4-13(8-15(14)12-22)9-21-16-10-19-6-7-20-16/h4-8,10H,9,11-12H2,1-3H3,(H,20,21). The van der Waals surface area contributed by atoms with Gasteiger partial charge in [-0.25, -0.2) is 9.78 Å². The number of carbonyl (C=O) groups is 1. The van der Waals surface area contributed by atoms with Crippen LogP contribution in [0.25, 0.3) is 0 Å². The zero-order chi connectivity index (χ0) is 17.2. The molecule has 0 saturated heterocycles. The molecule has 1 aromatic carbocycles. The van der Waals surface area contributed by atoms with Gasteiger partial charge in [-0.3, -0.25) is 9.88 Å². The van der Waals surface area contributed by atoms with Crippen molar-refractivity contribution >= 4 is 11.9 Å². The van der Waals surface area contributed by atoms with Gasteiger partial charge in [0.1, 0.15) is 11.4 Å². The van der Waals surface area contributed by atoms with Gasteiger partial charge in [-0.1, -0.05) is 18.2 Å². The number of anilines is 1. The lowest BCUT2D eigenvalue weighted by atomic mass is 10.1. The average molecular weight is 326 g/mol. The molecule has 6 heteroatoms. The molecule has 0 fully saturated rings. The molecule has 0 spiro atoms. The number of carbonyl (C=O) groups excluding carboxylic acids is 1. The maximum Gasteiger partial charge on any atom is 0.410 e. The van der Waals surface area contributed by atoms with Crippen LogP contribution in [0.4, 0.5) is 10.6 Å². The van der Waals surface area contributed by atoms with E-state index in [1.807, 2.05) is 20.8 Å². The number of fused-ring (bicyclic) bond motifs is 1. The molecule has 2 heterocycles. The van der Waals surface area contributed by atoms with Crippen LogP contribution in [0.15, 0.2) is 36.8 Å². The Labute approximate surface area is 141 Å². The minimum atomic E-state index is -0.475. The van der Waals surface area contributed by atoms with Crippen LogP contribution in [-0.2, 0) is 24.4 Å². The summed E-state index contributed by atoms with van der Waals surface area (Å²) in [5, 5.41) is 3.24. The van der Waals surface area contributed by atoms with E-state index in [0.29, 0.717) is 19.6 Å². The van der Waals surface area contributed by atoms with Crippen molar-refractivity contribution in [2.24, 2.45) is 0 Å². The van der Waals surface area contributed by atoms with Gasteiger partial charge in [0.25, 0.3) is 0 Å². The van der Waals surface area contributed by atoms with E-state index < -0.39 is 5.60 Å². The second-order valence-corrected chi connectivity index (χ2v) is 6.88. The summed E-state index contributed by atoms with van der Waals surface area (Å²) < 4.78 is 5.45. The van der Waals surface area contributed by atoms with Crippen LogP contribution >= 0.6 is 0 Å². The van der Waals surface area contributed by atoms with Crippen molar-refractivity contribution in [3.63, 3.8) is 0 Å². The first-order chi connectivity index (χ1) is 11.4. The third kappa shape index (κ3) is 4.01. The highest BCUT2D eigenvalue weighted by Gasteiger charge is 2.27. The van der Waals surface area contributed by atoms with E-state index in [2.05, 4.69) is 33.5 Å². The first kappa shape index (κ1) is 16.2. The average Bonchev–Trinajstić information content (AvgIpc) is 2.96. The molecule has 1 aliphatic rings. The van der Waals surface area contributed by atoms with Crippen molar-refractivity contribution in [3.05, 3.63) is 53.5 Å². The van der Waals surface area contributed by atoms with Gasteiger partial charge in [0.15, 0.2) is 0 Å². The molecule has 0 atom stereocenters. The summed E-state index contributed by atoms with van der Waals surface area (Å²) in [5.41, 5.74) is 3.01. The molecule has 126 valence electrons. The SMILES string of the molecule is CC(C)(C)OC(=O)N1Cc2ccc(CNc3cnccn3)cc2C1. The van der Waals surface area contributed by atoms with Crippen molar-refractivity contribution in [3.8, 4) is 0 Å². The molecule has 0 aliphatic carbocycles. The van der Waals surface area contributed by atoms with Gasteiger partial charge in [0, 0.05) is 32.0 Å². The van der Waals surface area contributed by atoms with Crippen molar-refractivity contribution in [1.29, 1.82) is 0 Å². The molecule has 0 radical (unpaired) electrons. The monoisotopic (exact) mass is 326 g/mol. The zero-order valence-electron chi connectivity index (χ0n) is 14.2. The Morgan fingerprint density at radius 2 is 2.04 bits per heavy atom. The number of hydrogen-bond donors (Lipinski definition) is 1. The Bertz CT molecular complexity index is 726. The molecule has 1 N–H and O–H groups in total. The number of nitrogens with one attached hydrogen (secondary N) is 1. The van der Waals surface area contributed by atoms with Gasteiger partial charge in [-0.15, -0.1) is 0 Å². The number of rotatable bonds is 3. The molecule has 6 nitrogen and oxygen atoms in total. The van der Waals surface area contributed by atoms with Crippen LogP contribution in [0.1, 0.15) is 37.5 Å². The topological polar surface area (TPSA) is 67.3 Å². The smallest absolute Gasteiger partial charge is 0.410 e. The van der Waals surface area contributed by atoms with Crippen molar-refractivity contribution in [2.45, 2.75) is 46.0 Å². The fourth-order valence-corrected chi connectivity index (χ4v) is 2.60. The number of ether oxygens (including phenoxy) is 1. The van der Waals surface area contributed by atoms with E-state index in [9.17, 15) is 4.79 Å². The molecule has 0 saturated carbocycles. The predicted octanol–water partition coefficient (Wildman–Crippen LogP) is 3.34. The molecule has 1 aliphatic heterocycles. The minimum Gasteiger partial charge on any atom is -0.444 e. The Morgan fingerprint density at radius 3 is 2.75 bits per heavy atom. The number of amides is 1. The van der Waals surface area contributed by atoms with E-state index in [1.165, 1.54) is 11.1 Å². The van der Waals surface area contributed by atoms with Gasteiger partial charge < -0.3 is 10.1 Å². The molecule has 0 bridgehead atoms. The van der Waals surface area contributed by atoms with Crippen molar-refractivity contribution in [2.75, 3.05) is 5.32 Å². The molecule has 0 unspecified atom stereocenters. The van der Waals surface area contributed by atoms with Crippen LogP contribution in [0.2, 0.25) is 0 Å². The van der Waals surface area contributed by atoms with Crippen LogP contribution in [0.3, 0.4) is 0 Å². The van der Waals surface area contributed by atoms with Crippen molar-refractivity contribution < 1.29 is 9.53 Å². The highest BCUT2D eigenvalue weighted by atomic mass is 16.6. The lowest BCUT2D eigenvalue weighted by Crippen LogP contribution is -2.33. The second-order valence-electron chi connectivity index (χ2n) is 6.88. The predicted molar refractivity (Wildman–Crippen MR) is 91.3 cm³/mol. The first-order valence-corrected chi connectivity index (χ1v) is 7.99. The molecule has 3 rings (SSSR count). The van der Waals surface area contributed by atoms with Gasteiger partial charge in [0.2, 0.25) is 0 Å². The van der Waals surface area contributed by atoms with Crippen molar-refractivity contribution in [1.82, 2.24) is 14.9 Å². The summed E-state index contributed by atoms with van der Waals surface area (Å²) in [4.78, 5) is 22.2. The Morgan fingerprint density at radius 1 is 1.25 bits per heavy atom. The zero-order valence-corrected chi connectivity index (χ0v) is 14.2. The molecular weight excluding hydrogens is 304 g/mol. The summed E-state index contributed by atoms with van der Waals surface area (Å²) in [6, 6.07) is 6.28. The normalized spacial score (nSPS) is 13.5. The number of nitrogens with zero attached hydrogens (tertiary/aromatic N) is 3. The Kier molecular flexibility index (Phi) is 4.38. The molecule has 1 amide bonds. The van der Waals surface area contributed by atoms with E-state index >= 15 is 0 Å². The Hall–Kier alpha value is -2.63. The minimum absolute atomic E-state index is 0.266. The van der Waals surface area contributed by atoms with E-state index in [-0.39, 0.29) is 6.09 Å². The van der Waals surface area contributed by atoms with Gasteiger partial charge >= 0.3 is 6.09 Å². The quantitative estimate of drug-likeness (QED) is 0.937. The summed E-state index contributed by atoms with van der Waals surface area (Å²) in [5.74, 6) is 0.744. The van der Waals surface area contributed by atoms with Gasteiger partial charge in [0.05, 0.1) is 6.20 Å². The lowest BCUT2D eigenvalue weighted by molar-refractivity contribution is 0.0242. The summed E-state index contributed by atoms with van der Waals surface area (Å²) in [6.07, 6.45) is 4.73. The van der Waals surface area contributed by atoms with E-state index in [4.69, 9.17) is 4.74 Å². The summed E-state index contributed by atoms with van der Waals surface area (Å²) in [7, 11) is 0. The number of aromatic nitrogens is 2. The highest BCUT2D eigenvalue weighted by Crippen LogP contribution is 2.25. The van der Waals surface area contributed by atoms with Crippen LogP contribution < -0.4 is 5.32 Å².